The van der Waals surface area contributed by atoms with Crippen LogP contribution >= 0.6 is 0 Å². The Bertz CT molecular complexity index is 449. The Morgan fingerprint density at radius 2 is 2.19 bits per heavy atom. The number of nitrogens with zero attached hydrogens (tertiary/aromatic N) is 1. The van der Waals surface area contributed by atoms with Gasteiger partial charge in [0.25, 0.3) is 5.69 Å². The maximum atomic E-state index is 12.9. The van der Waals surface area contributed by atoms with E-state index in [1.807, 2.05) is 0 Å². The normalized spacial score (nSPS) is 9.94. The molecule has 86 valence electrons. The number of nitrogens with one attached hydrogen (secondary N) is 1. The second kappa shape index (κ2) is 4.65. The van der Waals surface area contributed by atoms with Crippen LogP contribution in [0.25, 0.3) is 0 Å². The van der Waals surface area contributed by atoms with Crippen LogP contribution in [0.2, 0.25) is 0 Å². The zero-order valence-electron chi connectivity index (χ0n) is 8.29. The molecule has 0 radical (unpaired) electrons. The minimum Gasteiger partial charge on any atom is -0.320 e. The number of halogens is 2. The smallest absolute Gasteiger partial charge is 0.296 e. The van der Waals surface area contributed by atoms with Gasteiger partial charge in [0, 0.05) is 12.5 Å². The number of alkyl halides is 1. The van der Waals surface area contributed by atoms with Crippen molar-refractivity contribution in [3.8, 4) is 0 Å². The highest BCUT2D eigenvalue weighted by Gasteiger charge is 2.20. The first-order chi connectivity index (χ1) is 7.45. The van der Waals surface area contributed by atoms with E-state index in [0.717, 1.165) is 13.0 Å². The van der Waals surface area contributed by atoms with Gasteiger partial charge in [-0.05, 0) is 6.07 Å². The second-order valence-electron chi connectivity index (χ2n) is 3.03. The Hall–Kier alpha value is -2.05. The van der Waals surface area contributed by atoms with E-state index in [0.29, 0.717) is 6.07 Å². The number of benzene rings is 1. The molecule has 7 heteroatoms. The highest BCUT2D eigenvalue weighted by Crippen LogP contribution is 2.30. The summed E-state index contributed by atoms with van der Waals surface area (Å²) in [6, 6.07) is 1.43. The van der Waals surface area contributed by atoms with Crippen LogP contribution in [0.4, 0.5) is 20.2 Å². The monoisotopic (exact) mass is 230 g/mol. The molecule has 1 rings (SSSR count). The number of carbonyl (C=O) groups excluding carboxylic acids is 1. The van der Waals surface area contributed by atoms with E-state index in [2.05, 4.69) is 5.32 Å². The summed E-state index contributed by atoms with van der Waals surface area (Å²) in [5, 5.41) is 12.7. The van der Waals surface area contributed by atoms with Crippen LogP contribution in [-0.4, -0.2) is 10.8 Å². The minimum absolute atomic E-state index is 0.262. The summed E-state index contributed by atoms with van der Waals surface area (Å²) in [4.78, 5) is 20.5. The molecule has 0 fully saturated rings. The lowest BCUT2D eigenvalue weighted by molar-refractivity contribution is -0.384. The molecule has 0 saturated heterocycles. The van der Waals surface area contributed by atoms with Gasteiger partial charge >= 0.3 is 0 Å². The Labute approximate surface area is 89.2 Å². The third-order valence-electron chi connectivity index (χ3n) is 1.81. The lowest BCUT2D eigenvalue weighted by Gasteiger charge is -2.07. The van der Waals surface area contributed by atoms with Crippen molar-refractivity contribution >= 4 is 17.3 Å². The predicted molar refractivity (Wildman–Crippen MR) is 52.2 cm³/mol. The number of hydrogen-bond acceptors (Lipinski definition) is 3. The van der Waals surface area contributed by atoms with Crippen molar-refractivity contribution in [2.45, 2.75) is 13.6 Å². The highest BCUT2D eigenvalue weighted by molar-refractivity contribution is 5.92. The summed E-state index contributed by atoms with van der Waals surface area (Å²) in [5.41, 5.74) is -1.23. The van der Waals surface area contributed by atoms with Crippen LogP contribution in [0.15, 0.2) is 12.1 Å². The van der Waals surface area contributed by atoms with Crippen LogP contribution in [0.1, 0.15) is 12.5 Å². The third kappa shape index (κ3) is 2.50. The van der Waals surface area contributed by atoms with Crippen molar-refractivity contribution in [1.82, 2.24) is 0 Å². The SMILES string of the molecule is CC(=O)Nc1c(CF)cc(F)cc1[N+](=O)[O-]. The van der Waals surface area contributed by atoms with Crippen LogP contribution in [0.5, 0.6) is 0 Å². The molecule has 1 amide bonds. The number of anilines is 1. The van der Waals surface area contributed by atoms with E-state index < -0.39 is 29.0 Å². The van der Waals surface area contributed by atoms with E-state index in [1.165, 1.54) is 0 Å². The van der Waals surface area contributed by atoms with Gasteiger partial charge in [0.2, 0.25) is 5.91 Å². The Morgan fingerprint density at radius 3 is 2.62 bits per heavy atom. The molecule has 0 aliphatic rings. The van der Waals surface area contributed by atoms with Gasteiger partial charge in [0.15, 0.2) is 0 Å². The van der Waals surface area contributed by atoms with E-state index in [4.69, 9.17) is 0 Å². The first-order valence-electron chi connectivity index (χ1n) is 4.26. The van der Waals surface area contributed by atoms with Gasteiger partial charge in [0.1, 0.15) is 18.2 Å². The largest absolute Gasteiger partial charge is 0.320 e. The molecule has 0 saturated carbocycles. The van der Waals surface area contributed by atoms with Gasteiger partial charge in [-0.2, -0.15) is 0 Å². The number of nitro benzene ring substituents is 1. The predicted octanol–water partition coefficient (Wildman–Crippen LogP) is 2.16. The zero-order chi connectivity index (χ0) is 12.3. The summed E-state index contributed by atoms with van der Waals surface area (Å²) in [7, 11) is 0. The fourth-order valence-electron chi connectivity index (χ4n) is 1.22. The average Bonchev–Trinajstić information content (AvgIpc) is 2.19. The topological polar surface area (TPSA) is 72.2 Å². The summed E-state index contributed by atoms with van der Waals surface area (Å²) in [6.07, 6.45) is 0. The molecule has 1 N–H and O–H groups in total. The second-order valence-corrected chi connectivity index (χ2v) is 3.03. The lowest BCUT2D eigenvalue weighted by Crippen LogP contribution is -2.10. The molecule has 0 bridgehead atoms. The zero-order valence-corrected chi connectivity index (χ0v) is 8.29. The van der Waals surface area contributed by atoms with E-state index >= 15 is 0 Å². The third-order valence-corrected chi connectivity index (χ3v) is 1.81. The van der Waals surface area contributed by atoms with Gasteiger partial charge in [-0.25, -0.2) is 8.78 Å². The molecule has 0 aliphatic carbocycles. The fraction of sp³-hybridized carbons (Fsp3) is 0.222. The molecule has 0 aliphatic heterocycles. The molecule has 0 unspecified atom stereocenters. The Balaban J connectivity index is 3.38. The number of amides is 1. The summed E-state index contributed by atoms with van der Waals surface area (Å²) >= 11 is 0. The van der Waals surface area contributed by atoms with Gasteiger partial charge in [-0.1, -0.05) is 0 Å². The first-order valence-corrected chi connectivity index (χ1v) is 4.26. The van der Waals surface area contributed by atoms with Crippen LogP contribution < -0.4 is 5.32 Å². The first kappa shape index (κ1) is 12.0. The summed E-state index contributed by atoms with van der Waals surface area (Å²) in [5.74, 6) is -1.52. The number of nitro groups is 1. The van der Waals surface area contributed by atoms with E-state index in [1.54, 1.807) is 0 Å². The molecule has 0 aromatic heterocycles. The standard InChI is InChI=1S/C9H8F2N2O3/c1-5(14)12-9-6(4-10)2-7(11)3-8(9)13(15)16/h2-3H,4H2,1H3,(H,12,14). The number of hydrogen-bond donors (Lipinski definition) is 1. The molecule has 16 heavy (non-hydrogen) atoms. The lowest BCUT2D eigenvalue weighted by atomic mass is 10.1. The summed E-state index contributed by atoms with van der Waals surface area (Å²) < 4.78 is 25.4. The molecule has 0 heterocycles. The van der Waals surface area contributed by atoms with Crippen molar-refractivity contribution in [2.75, 3.05) is 5.32 Å². The van der Waals surface area contributed by atoms with Gasteiger partial charge in [-0.3, -0.25) is 14.9 Å². The Morgan fingerprint density at radius 1 is 1.56 bits per heavy atom. The highest BCUT2D eigenvalue weighted by atomic mass is 19.1. The summed E-state index contributed by atoms with van der Waals surface area (Å²) in [6.45, 7) is 0.0172. The maximum Gasteiger partial charge on any atom is 0.296 e. The average molecular weight is 230 g/mol. The van der Waals surface area contributed by atoms with E-state index in [-0.39, 0.29) is 11.3 Å². The Kier molecular flexibility index (Phi) is 3.49. The van der Waals surface area contributed by atoms with E-state index in [9.17, 15) is 23.7 Å². The molecule has 5 nitrogen and oxygen atoms in total. The number of carbonyl (C=O) groups is 1. The fourth-order valence-corrected chi connectivity index (χ4v) is 1.22. The van der Waals surface area contributed by atoms with Crippen molar-refractivity contribution in [3.63, 3.8) is 0 Å². The van der Waals surface area contributed by atoms with Gasteiger partial charge in [0.05, 0.1) is 11.0 Å². The molecule has 1 aromatic rings. The maximum absolute atomic E-state index is 12.9. The molecule has 0 atom stereocenters. The molecule has 0 spiro atoms. The molecular formula is C9H8F2N2O3. The van der Waals surface area contributed by atoms with Crippen molar-refractivity contribution in [3.05, 3.63) is 33.6 Å². The van der Waals surface area contributed by atoms with Crippen molar-refractivity contribution in [2.24, 2.45) is 0 Å². The van der Waals surface area contributed by atoms with Crippen LogP contribution in [0.3, 0.4) is 0 Å². The van der Waals surface area contributed by atoms with Gasteiger partial charge < -0.3 is 5.32 Å². The molecular weight excluding hydrogens is 222 g/mol. The van der Waals surface area contributed by atoms with Gasteiger partial charge in [-0.15, -0.1) is 0 Å². The van der Waals surface area contributed by atoms with Crippen molar-refractivity contribution in [1.29, 1.82) is 0 Å². The number of rotatable bonds is 3. The minimum atomic E-state index is -1.10. The quantitative estimate of drug-likeness (QED) is 0.638. The van der Waals surface area contributed by atoms with Crippen molar-refractivity contribution < 1.29 is 18.5 Å². The van der Waals surface area contributed by atoms with Crippen LogP contribution in [0, 0.1) is 15.9 Å². The van der Waals surface area contributed by atoms with Crippen LogP contribution in [-0.2, 0) is 11.5 Å². The molecule has 1 aromatic carbocycles.